The van der Waals surface area contributed by atoms with Gasteiger partial charge in [0.15, 0.2) is 5.13 Å². The predicted molar refractivity (Wildman–Crippen MR) is 191 cm³/mol. The van der Waals surface area contributed by atoms with Gasteiger partial charge in [-0.1, -0.05) is 41.9 Å². The number of aliphatic hydroxyl groups excluding tert-OH is 1. The first kappa shape index (κ1) is 37.2. The van der Waals surface area contributed by atoms with Crippen LogP contribution >= 0.6 is 22.9 Å². The molecule has 0 bridgehead atoms. The number of likely N-dealkylation sites (tertiary alicyclic amines) is 1. The molecule has 1 aliphatic heterocycles. The van der Waals surface area contributed by atoms with E-state index in [0.717, 1.165) is 33.3 Å². The quantitative estimate of drug-likeness (QED) is 0.162. The molecular weight excluding hydrogens is 707 g/mol. The number of amides is 1. The number of hydrogen-bond acceptors (Lipinski definition) is 10. The van der Waals surface area contributed by atoms with Crippen LogP contribution in [0.1, 0.15) is 38.3 Å². The maximum Gasteiger partial charge on any atom is 0.410 e. The normalized spacial score (nSPS) is 17.8. The molecule has 0 radical (unpaired) electrons. The lowest BCUT2D eigenvalue weighted by Crippen LogP contribution is -2.54. The fraction of sp³-hybridized carbons (Fsp3) is 0.371. The van der Waals surface area contributed by atoms with E-state index in [9.17, 15) is 18.3 Å². The molecule has 1 aliphatic rings. The van der Waals surface area contributed by atoms with Crippen LogP contribution in [0.5, 0.6) is 11.5 Å². The van der Waals surface area contributed by atoms with Crippen LogP contribution in [0.4, 0.5) is 20.0 Å². The van der Waals surface area contributed by atoms with Crippen molar-refractivity contribution in [3.8, 4) is 11.5 Å². The number of carbonyl (C=O) groups excluding carboxylic acids is 1. The summed E-state index contributed by atoms with van der Waals surface area (Å²) in [5, 5.41) is 15.6. The first-order valence-corrected chi connectivity index (χ1v) is 18.4. The first-order valence-electron chi connectivity index (χ1n) is 15.7. The topological polar surface area (TPSA) is 131 Å². The zero-order valence-electron chi connectivity index (χ0n) is 28.4. The second-order valence-electron chi connectivity index (χ2n) is 13.0. The van der Waals surface area contributed by atoms with Crippen molar-refractivity contribution < 1.29 is 36.9 Å². The van der Waals surface area contributed by atoms with Gasteiger partial charge in [-0.2, -0.15) is 0 Å². The maximum atomic E-state index is 16.0. The minimum Gasteiger partial charge on any atom is -0.497 e. The Morgan fingerprint density at radius 1 is 1.16 bits per heavy atom. The van der Waals surface area contributed by atoms with Crippen LogP contribution in [0.25, 0.3) is 0 Å². The zero-order chi connectivity index (χ0) is 36.3. The fourth-order valence-electron chi connectivity index (χ4n) is 5.95. The Morgan fingerprint density at radius 3 is 2.54 bits per heavy atom. The number of halogens is 2. The molecular formula is C35H40ClFN4O7S2. The highest BCUT2D eigenvalue weighted by atomic mass is 35.5. The van der Waals surface area contributed by atoms with Crippen LogP contribution in [-0.4, -0.2) is 74.1 Å². The molecule has 0 saturated carbocycles. The van der Waals surface area contributed by atoms with Crippen LogP contribution in [-0.2, 0) is 27.7 Å². The van der Waals surface area contributed by atoms with Crippen LogP contribution in [0.2, 0.25) is 5.02 Å². The van der Waals surface area contributed by atoms with E-state index in [1.165, 1.54) is 25.3 Å². The second-order valence-corrected chi connectivity index (χ2v) is 16.1. The lowest BCUT2D eigenvalue weighted by Gasteiger charge is -2.39. The van der Waals surface area contributed by atoms with E-state index in [-0.39, 0.29) is 41.9 Å². The van der Waals surface area contributed by atoms with Crippen molar-refractivity contribution in [2.75, 3.05) is 36.9 Å². The third kappa shape index (κ3) is 8.26. The molecule has 268 valence electrons. The van der Waals surface area contributed by atoms with Crippen molar-refractivity contribution in [2.45, 2.75) is 62.3 Å². The van der Waals surface area contributed by atoms with E-state index in [4.69, 9.17) is 25.8 Å². The van der Waals surface area contributed by atoms with Crippen LogP contribution < -0.4 is 19.1 Å². The van der Waals surface area contributed by atoms with Crippen molar-refractivity contribution in [3.05, 3.63) is 94.2 Å². The highest BCUT2D eigenvalue weighted by Crippen LogP contribution is 2.38. The fourth-order valence-corrected chi connectivity index (χ4v) is 8.59. The molecule has 1 aromatic heterocycles. The molecule has 2 unspecified atom stereocenters. The number of methoxy groups -OCH3 is 2. The number of ether oxygens (including phenoxy) is 3. The second kappa shape index (κ2) is 15.0. The molecule has 4 aromatic rings. The van der Waals surface area contributed by atoms with E-state index in [0.29, 0.717) is 23.5 Å². The van der Waals surface area contributed by atoms with Crippen LogP contribution in [0.15, 0.2) is 77.1 Å². The van der Waals surface area contributed by atoms with Gasteiger partial charge in [-0.05, 0) is 57.0 Å². The SMILES string of the molecule is COc1ccc(CN(c2nccs2)S(=O)(=O)c2cc(Cl)c(NCC3(Cc4ccccc4)CC(O)CN3C(=O)OC(C)(C)C)cc2F)c(OC)c1. The molecule has 2 heterocycles. The summed E-state index contributed by atoms with van der Waals surface area (Å²) >= 11 is 7.74. The summed E-state index contributed by atoms with van der Waals surface area (Å²) in [6.07, 6.45) is 0.574. The minimum absolute atomic E-state index is 0.0360. The van der Waals surface area contributed by atoms with E-state index in [1.807, 2.05) is 30.3 Å². The molecule has 15 heteroatoms. The summed E-state index contributed by atoms with van der Waals surface area (Å²) in [6.45, 7) is 5.15. The number of aromatic nitrogens is 1. The highest BCUT2D eigenvalue weighted by Gasteiger charge is 2.49. The number of rotatable bonds is 12. The van der Waals surface area contributed by atoms with Gasteiger partial charge in [-0.15, -0.1) is 11.3 Å². The van der Waals surface area contributed by atoms with Crippen LogP contribution in [0, 0.1) is 5.82 Å². The van der Waals surface area contributed by atoms with Crippen LogP contribution in [0.3, 0.4) is 0 Å². The third-order valence-electron chi connectivity index (χ3n) is 8.21. The number of hydrogen-bond donors (Lipinski definition) is 2. The molecule has 50 heavy (non-hydrogen) atoms. The zero-order valence-corrected chi connectivity index (χ0v) is 30.7. The Morgan fingerprint density at radius 2 is 1.90 bits per heavy atom. The highest BCUT2D eigenvalue weighted by molar-refractivity contribution is 7.93. The third-order valence-corrected chi connectivity index (χ3v) is 11.2. The Hall–Kier alpha value is -4.11. The number of nitrogens with one attached hydrogen (secondary N) is 1. The average molecular weight is 747 g/mol. The Kier molecular flexibility index (Phi) is 11.2. The molecule has 2 atom stereocenters. The number of benzene rings is 3. The smallest absolute Gasteiger partial charge is 0.410 e. The number of nitrogens with zero attached hydrogens (tertiary/aromatic N) is 3. The average Bonchev–Trinajstić information content (AvgIpc) is 3.71. The van der Waals surface area contributed by atoms with Crippen molar-refractivity contribution in [1.82, 2.24) is 9.88 Å². The van der Waals surface area contributed by atoms with E-state index in [1.54, 1.807) is 44.4 Å². The number of carbonyl (C=O) groups is 1. The Bertz CT molecular complexity index is 1910. The molecule has 1 fully saturated rings. The number of sulfonamides is 1. The van der Waals surface area contributed by atoms with E-state index in [2.05, 4.69) is 10.3 Å². The van der Waals surface area contributed by atoms with Crippen molar-refractivity contribution in [1.29, 1.82) is 0 Å². The molecule has 1 saturated heterocycles. The van der Waals surface area contributed by atoms with Gasteiger partial charge in [0.05, 0.1) is 49.7 Å². The monoisotopic (exact) mass is 746 g/mol. The van der Waals surface area contributed by atoms with Gasteiger partial charge in [0.25, 0.3) is 10.0 Å². The van der Waals surface area contributed by atoms with E-state index < -0.39 is 44.1 Å². The summed E-state index contributed by atoms with van der Waals surface area (Å²) < 4.78 is 61.8. The molecule has 2 N–H and O–H groups in total. The first-order chi connectivity index (χ1) is 23.7. The van der Waals surface area contributed by atoms with E-state index >= 15 is 4.39 Å². The molecule has 3 aromatic carbocycles. The Balaban J connectivity index is 1.47. The molecule has 5 rings (SSSR count). The summed E-state index contributed by atoms with van der Waals surface area (Å²) in [5.74, 6) is -0.157. The predicted octanol–water partition coefficient (Wildman–Crippen LogP) is 6.74. The van der Waals surface area contributed by atoms with Gasteiger partial charge in [-0.3, -0.25) is 4.90 Å². The number of thiazole rings is 1. The minimum atomic E-state index is -4.56. The van der Waals surface area contributed by atoms with Crippen molar-refractivity contribution >= 4 is 49.9 Å². The lowest BCUT2D eigenvalue weighted by atomic mass is 9.87. The molecule has 11 nitrogen and oxygen atoms in total. The van der Waals surface area contributed by atoms with Gasteiger partial charge >= 0.3 is 6.09 Å². The number of anilines is 2. The molecule has 0 aliphatic carbocycles. The lowest BCUT2D eigenvalue weighted by molar-refractivity contribution is 0.00895. The number of β-amino-alcohol motifs (C(OH)–C–C–N with tert-alkyl or cyclic N) is 1. The summed E-state index contributed by atoms with van der Waals surface area (Å²) in [6, 6.07) is 16.5. The summed E-state index contributed by atoms with van der Waals surface area (Å²) in [7, 11) is -1.60. The van der Waals surface area contributed by atoms with Crippen molar-refractivity contribution in [3.63, 3.8) is 0 Å². The standard InChI is InChI=1S/C35H40ClFN4O7S2/c1-34(2,3)48-33(43)40-21-25(42)19-35(40,18-23-9-7-6-8-10-23)22-39-29-17-28(37)31(16-27(29)36)50(44,45)41(32-38-13-14-49-32)20-24-11-12-26(46-4)15-30(24)47-5/h6-17,25,39,42H,18-22H2,1-5H3. The van der Waals surface area contributed by atoms with Gasteiger partial charge in [-0.25, -0.2) is 26.9 Å². The van der Waals surface area contributed by atoms with Gasteiger partial charge in [0, 0.05) is 36.2 Å². The number of aliphatic hydroxyl groups is 1. The van der Waals surface area contributed by atoms with Gasteiger partial charge in [0.1, 0.15) is 27.8 Å². The summed E-state index contributed by atoms with van der Waals surface area (Å²) in [5.41, 5.74) is -0.263. The summed E-state index contributed by atoms with van der Waals surface area (Å²) in [4.78, 5) is 18.5. The molecule has 1 amide bonds. The Labute approximate surface area is 300 Å². The largest absolute Gasteiger partial charge is 0.497 e. The van der Waals surface area contributed by atoms with Gasteiger partial charge < -0.3 is 24.6 Å². The molecule has 0 spiro atoms. The maximum absolute atomic E-state index is 16.0. The van der Waals surface area contributed by atoms with Gasteiger partial charge in [0.2, 0.25) is 0 Å². The van der Waals surface area contributed by atoms with Crippen molar-refractivity contribution in [2.24, 2.45) is 0 Å².